The molecule has 0 fully saturated rings. The van der Waals surface area contributed by atoms with Crippen LogP contribution in [0, 0.1) is 5.82 Å². The van der Waals surface area contributed by atoms with E-state index in [-0.39, 0.29) is 17.0 Å². The van der Waals surface area contributed by atoms with E-state index in [4.69, 9.17) is 10.5 Å². The number of halogens is 1. The zero-order valence-electron chi connectivity index (χ0n) is 9.07. The van der Waals surface area contributed by atoms with Crippen molar-refractivity contribution in [2.75, 3.05) is 12.8 Å². The Balaban J connectivity index is 2.40. The van der Waals surface area contributed by atoms with Crippen molar-refractivity contribution in [3.05, 3.63) is 45.9 Å². The Kier molecular flexibility index (Phi) is 3.10. The average molecular weight is 251 g/mol. The second-order valence-electron chi connectivity index (χ2n) is 3.38. The number of anilines is 1. The summed E-state index contributed by atoms with van der Waals surface area (Å²) in [5, 5.41) is 1.75. The van der Waals surface area contributed by atoms with Gasteiger partial charge in [0.2, 0.25) is 5.78 Å². The molecular weight excluding hydrogens is 241 g/mol. The third-order valence-corrected chi connectivity index (χ3v) is 3.21. The number of nitrogens with two attached hydrogens (primary N) is 1. The quantitative estimate of drug-likeness (QED) is 0.674. The molecule has 0 amide bonds. The van der Waals surface area contributed by atoms with Gasteiger partial charge in [-0.05, 0) is 29.6 Å². The van der Waals surface area contributed by atoms with Gasteiger partial charge < -0.3 is 10.5 Å². The summed E-state index contributed by atoms with van der Waals surface area (Å²) in [6.45, 7) is 0. The van der Waals surface area contributed by atoms with Crippen LogP contribution in [0.15, 0.2) is 29.6 Å². The molecule has 0 saturated carbocycles. The molecule has 0 bridgehead atoms. The van der Waals surface area contributed by atoms with Crippen molar-refractivity contribution in [3.8, 4) is 5.75 Å². The van der Waals surface area contributed by atoms with E-state index in [1.807, 2.05) is 0 Å². The second-order valence-corrected chi connectivity index (χ2v) is 4.30. The summed E-state index contributed by atoms with van der Waals surface area (Å²) in [4.78, 5) is 12.5. The van der Waals surface area contributed by atoms with Gasteiger partial charge in [0.1, 0.15) is 16.4 Å². The molecule has 88 valence electrons. The molecule has 5 heteroatoms. The maximum Gasteiger partial charge on any atom is 0.206 e. The highest BCUT2D eigenvalue weighted by Gasteiger charge is 2.16. The number of carbonyl (C=O) groups excluding carboxylic acids is 1. The lowest BCUT2D eigenvalue weighted by atomic mass is 10.1. The Hall–Kier alpha value is -1.88. The molecule has 0 aliphatic heterocycles. The van der Waals surface area contributed by atoms with Crippen molar-refractivity contribution in [1.82, 2.24) is 0 Å². The number of carbonyl (C=O) groups is 1. The fourth-order valence-electron chi connectivity index (χ4n) is 1.42. The summed E-state index contributed by atoms with van der Waals surface area (Å²) in [5.41, 5.74) is 5.64. The fourth-order valence-corrected chi connectivity index (χ4v) is 2.24. The van der Waals surface area contributed by atoms with E-state index in [1.165, 1.54) is 30.6 Å². The van der Waals surface area contributed by atoms with Gasteiger partial charge in [0, 0.05) is 5.56 Å². The Morgan fingerprint density at radius 3 is 2.82 bits per heavy atom. The maximum absolute atomic E-state index is 13.3. The molecule has 2 rings (SSSR count). The van der Waals surface area contributed by atoms with E-state index >= 15 is 0 Å². The van der Waals surface area contributed by atoms with Gasteiger partial charge in [-0.25, -0.2) is 4.39 Å². The van der Waals surface area contributed by atoms with E-state index in [9.17, 15) is 9.18 Å². The monoisotopic (exact) mass is 251 g/mol. The predicted octanol–water partition coefficient (Wildman–Crippen LogP) is 2.71. The zero-order chi connectivity index (χ0) is 12.4. The molecule has 0 unspecified atom stereocenters. The molecule has 2 N–H and O–H groups in total. The predicted molar refractivity (Wildman–Crippen MR) is 65.1 cm³/mol. The molecule has 1 aromatic carbocycles. The Morgan fingerprint density at radius 1 is 1.41 bits per heavy atom. The van der Waals surface area contributed by atoms with Gasteiger partial charge in [-0.15, -0.1) is 11.3 Å². The number of thiophene rings is 1. The molecule has 0 atom stereocenters. The van der Waals surface area contributed by atoms with E-state index in [1.54, 1.807) is 11.4 Å². The molecule has 0 aliphatic carbocycles. The topological polar surface area (TPSA) is 52.3 Å². The molecule has 2 aromatic rings. The number of ketones is 1. The summed E-state index contributed by atoms with van der Waals surface area (Å²) >= 11 is 1.26. The SMILES string of the molecule is COc1ccsc1C(=O)c1ccc(N)c(F)c1. The van der Waals surface area contributed by atoms with Crippen molar-refractivity contribution >= 4 is 22.8 Å². The summed E-state index contributed by atoms with van der Waals surface area (Å²) in [7, 11) is 1.49. The minimum atomic E-state index is -0.591. The van der Waals surface area contributed by atoms with E-state index < -0.39 is 5.82 Å². The first-order chi connectivity index (χ1) is 8.13. The summed E-state index contributed by atoms with van der Waals surface area (Å²) in [6.07, 6.45) is 0. The van der Waals surface area contributed by atoms with Gasteiger partial charge in [-0.3, -0.25) is 4.79 Å². The number of hydrogen-bond acceptors (Lipinski definition) is 4. The molecule has 0 spiro atoms. The third kappa shape index (κ3) is 2.14. The van der Waals surface area contributed by atoms with E-state index in [0.717, 1.165) is 6.07 Å². The van der Waals surface area contributed by atoms with Crippen LogP contribution in [0.25, 0.3) is 0 Å². The minimum Gasteiger partial charge on any atom is -0.495 e. The van der Waals surface area contributed by atoms with Crippen molar-refractivity contribution < 1.29 is 13.9 Å². The number of rotatable bonds is 3. The van der Waals surface area contributed by atoms with Gasteiger partial charge in [-0.1, -0.05) is 0 Å². The smallest absolute Gasteiger partial charge is 0.206 e. The first kappa shape index (κ1) is 11.6. The van der Waals surface area contributed by atoms with E-state index in [0.29, 0.717) is 10.6 Å². The van der Waals surface area contributed by atoms with Gasteiger partial charge in [0.25, 0.3) is 0 Å². The first-order valence-corrected chi connectivity index (χ1v) is 5.72. The normalized spacial score (nSPS) is 10.2. The molecule has 0 radical (unpaired) electrons. The fraction of sp³-hybridized carbons (Fsp3) is 0.0833. The van der Waals surface area contributed by atoms with Crippen molar-refractivity contribution in [2.24, 2.45) is 0 Å². The largest absolute Gasteiger partial charge is 0.495 e. The molecule has 0 saturated heterocycles. The highest BCUT2D eigenvalue weighted by atomic mass is 32.1. The van der Waals surface area contributed by atoms with Gasteiger partial charge >= 0.3 is 0 Å². The van der Waals surface area contributed by atoms with Crippen LogP contribution in [0.3, 0.4) is 0 Å². The number of benzene rings is 1. The van der Waals surface area contributed by atoms with Crippen LogP contribution in [0.5, 0.6) is 5.75 Å². The molecule has 0 aliphatic rings. The number of nitrogen functional groups attached to an aromatic ring is 1. The molecule has 17 heavy (non-hydrogen) atoms. The maximum atomic E-state index is 13.3. The Bertz CT molecular complexity index is 565. The van der Waals surface area contributed by atoms with Gasteiger partial charge in [0.05, 0.1) is 12.8 Å². The number of hydrogen-bond donors (Lipinski definition) is 1. The molecule has 3 nitrogen and oxygen atoms in total. The van der Waals surface area contributed by atoms with Crippen molar-refractivity contribution in [2.45, 2.75) is 0 Å². The Labute approximate surface area is 102 Å². The highest BCUT2D eigenvalue weighted by Crippen LogP contribution is 2.27. The number of ether oxygens (including phenoxy) is 1. The lowest BCUT2D eigenvalue weighted by Crippen LogP contribution is -2.02. The van der Waals surface area contributed by atoms with Crippen LogP contribution >= 0.6 is 11.3 Å². The first-order valence-electron chi connectivity index (χ1n) is 4.84. The zero-order valence-corrected chi connectivity index (χ0v) is 9.88. The second kappa shape index (κ2) is 4.55. The summed E-state index contributed by atoms with van der Waals surface area (Å²) in [5.74, 6) is -0.362. The minimum absolute atomic E-state index is 0.0275. The third-order valence-electron chi connectivity index (χ3n) is 2.32. The van der Waals surface area contributed by atoms with Crippen LogP contribution < -0.4 is 10.5 Å². The summed E-state index contributed by atoms with van der Waals surface area (Å²) in [6, 6.07) is 5.71. The van der Waals surface area contributed by atoms with Gasteiger partial charge in [-0.2, -0.15) is 0 Å². The standard InChI is InChI=1S/C12H10FNO2S/c1-16-10-4-5-17-12(10)11(15)7-2-3-9(14)8(13)6-7/h2-6H,14H2,1H3. The van der Waals surface area contributed by atoms with Gasteiger partial charge in [0.15, 0.2) is 0 Å². The van der Waals surface area contributed by atoms with Crippen LogP contribution in [0.2, 0.25) is 0 Å². The van der Waals surface area contributed by atoms with E-state index in [2.05, 4.69) is 0 Å². The van der Waals surface area contributed by atoms with Crippen molar-refractivity contribution in [1.29, 1.82) is 0 Å². The van der Waals surface area contributed by atoms with Crippen molar-refractivity contribution in [3.63, 3.8) is 0 Å². The highest BCUT2D eigenvalue weighted by molar-refractivity contribution is 7.12. The molecular formula is C12H10FNO2S. The van der Waals surface area contributed by atoms with Crippen LogP contribution in [-0.4, -0.2) is 12.9 Å². The number of methoxy groups -OCH3 is 1. The van der Waals surface area contributed by atoms with Crippen LogP contribution in [0.1, 0.15) is 15.2 Å². The molecule has 1 aromatic heterocycles. The summed E-state index contributed by atoms with van der Waals surface area (Å²) < 4.78 is 18.3. The lowest BCUT2D eigenvalue weighted by molar-refractivity contribution is 0.103. The lowest BCUT2D eigenvalue weighted by Gasteiger charge is -2.03. The van der Waals surface area contributed by atoms with Crippen LogP contribution in [0.4, 0.5) is 10.1 Å². The average Bonchev–Trinajstić information content (AvgIpc) is 2.80. The molecule has 1 heterocycles. The van der Waals surface area contributed by atoms with Crippen LogP contribution in [-0.2, 0) is 0 Å². The Morgan fingerprint density at radius 2 is 2.18 bits per heavy atom.